The zero-order valence-electron chi connectivity index (χ0n) is 8.54. The first kappa shape index (κ1) is 9.21. The molecule has 0 aliphatic carbocycles. The summed E-state index contributed by atoms with van der Waals surface area (Å²) in [6, 6.07) is 4.57. The SMILES string of the molecule is CC(C)NCc1c[nH]c2ncccc12. The van der Waals surface area contributed by atoms with Crippen molar-refractivity contribution in [3.05, 3.63) is 30.1 Å². The number of pyridine rings is 1. The Hall–Kier alpha value is -1.35. The minimum atomic E-state index is 0.511. The van der Waals surface area contributed by atoms with Gasteiger partial charge >= 0.3 is 0 Å². The van der Waals surface area contributed by atoms with Crippen molar-refractivity contribution >= 4 is 11.0 Å². The van der Waals surface area contributed by atoms with Gasteiger partial charge in [-0.05, 0) is 17.7 Å². The zero-order chi connectivity index (χ0) is 9.97. The van der Waals surface area contributed by atoms with E-state index in [9.17, 15) is 0 Å². The van der Waals surface area contributed by atoms with E-state index in [0.717, 1.165) is 12.2 Å². The van der Waals surface area contributed by atoms with Crippen LogP contribution in [0.3, 0.4) is 0 Å². The molecule has 2 rings (SSSR count). The zero-order valence-corrected chi connectivity index (χ0v) is 8.54. The molecule has 0 aliphatic heterocycles. The number of aromatic amines is 1. The van der Waals surface area contributed by atoms with E-state index >= 15 is 0 Å². The summed E-state index contributed by atoms with van der Waals surface area (Å²) in [5.41, 5.74) is 2.25. The molecule has 0 amide bonds. The molecule has 0 spiro atoms. The third-order valence-corrected chi connectivity index (χ3v) is 2.24. The Kier molecular flexibility index (Phi) is 2.50. The summed E-state index contributed by atoms with van der Waals surface area (Å²) < 4.78 is 0. The molecule has 3 nitrogen and oxygen atoms in total. The average molecular weight is 189 g/mol. The van der Waals surface area contributed by atoms with E-state index in [4.69, 9.17) is 0 Å². The molecule has 2 N–H and O–H groups in total. The normalized spacial score (nSPS) is 11.4. The quantitative estimate of drug-likeness (QED) is 0.776. The van der Waals surface area contributed by atoms with Gasteiger partial charge in [-0.15, -0.1) is 0 Å². The number of rotatable bonds is 3. The van der Waals surface area contributed by atoms with E-state index < -0.39 is 0 Å². The maximum atomic E-state index is 4.25. The van der Waals surface area contributed by atoms with Crippen molar-refractivity contribution in [3.63, 3.8) is 0 Å². The van der Waals surface area contributed by atoms with Crippen molar-refractivity contribution in [3.8, 4) is 0 Å². The predicted octanol–water partition coefficient (Wildman–Crippen LogP) is 2.06. The lowest BCUT2D eigenvalue weighted by Gasteiger charge is -2.06. The Labute approximate surface area is 83.6 Å². The summed E-state index contributed by atoms with van der Waals surface area (Å²) in [7, 11) is 0. The molecule has 14 heavy (non-hydrogen) atoms. The lowest BCUT2D eigenvalue weighted by atomic mass is 10.2. The fraction of sp³-hybridized carbons (Fsp3) is 0.364. The molecule has 2 heterocycles. The summed E-state index contributed by atoms with van der Waals surface area (Å²) in [6.07, 6.45) is 3.82. The van der Waals surface area contributed by atoms with Gasteiger partial charge in [0.05, 0.1) is 0 Å². The molecule has 0 radical (unpaired) electrons. The molecule has 0 saturated carbocycles. The van der Waals surface area contributed by atoms with Crippen LogP contribution in [0.1, 0.15) is 19.4 Å². The van der Waals surface area contributed by atoms with Gasteiger partial charge in [-0.25, -0.2) is 4.98 Å². The summed E-state index contributed by atoms with van der Waals surface area (Å²) in [6.45, 7) is 5.18. The second-order valence-corrected chi connectivity index (χ2v) is 3.75. The van der Waals surface area contributed by atoms with Gasteiger partial charge in [0.2, 0.25) is 0 Å². The summed E-state index contributed by atoms with van der Waals surface area (Å²) in [5, 5.41) is 4.60. The lowest BCUT2D eigenvalue weighted by molar-refractivity contribution is 0.590. The highest BCUT2D eigenvalue weighted by Crippen LogP contribution is 2.15. The molecule has 3 heteroatoms. The molecule has 74 valence electrons. The minimum absolute atomic E-state index is 0.511. The van der Waals surface area contributed by atoms with Gasteiger partial charge in [0.25, 0.3) is 0 Å². The molecule has 2 aromatic heterocycles. The topological polar surface area (TPSA) is 40.7 Å². The number of hydrogen-bond donors (Lipinski definition) is 2. The Morgan fingerprint density at radius 2 is 2.36 bits per heavy atom. The van der Waals surface area contributed by atoms with Crippen molar-refractivity contribution in [2.24, 2.45) is 0 Å². The monoisotopic (exact) mass is 189 g/mol. The van der Waals surface area contributed by atoms with Gasteiger partial charge in [-0.2, -0.15) is 0 Å². The Morgan fingerprint density at radius 3 is 3.14 bits per heavy atom. The van der Waals surface area contributed by atoms with E-state index in [-0.39, 0.29) is 0 Å². The van der Waals surface area contributed by atoms with Crippen LogP contribution in [0.5, 0.6) is 0 Å². The highest BCUT2D eigenvalue weighted by Gasteiger charge is 2.03. The molecular formula is C11H15N3. The van der Waals surface area contributed by atoms with E-state index in [0.29, 0.717) is 6.04 Å². The molecular weight excluding hydrogens is 174 g/mol. The van der Waals surface area contributed by atoms with Crippen molar-refractivity contribution in [1.29, 1.82) is 0 Å². The van der Waals surface area contributed by atoms with Crippen LogP contribution in [0.15, 0.2) is 24.5 Å². The fourth-order valence-electron chi connectivity index (χ4n) is 1.47. The first-order valence-corrected chi connectivity index (χ1v) is 4.91. The second-order valence-electron chi connectivity index (χ2n) is 3.75. The maximum Gasteiger partial charge on any atom is 0.137 e. The van der Waals surface area contributed by atoms with Gasteiger partial charge in [-0.1, -0.05) is 13.8 Å². The smallest absolute Gasteiger partial charge is 0.137 e. The minimum Gasteiger partial charge on any atom is -0.346 e. The molecule has 0 aliphatic rings. The van der Waals surface area contributed by atoms with E-state index in [1.807, 2.05) is 12.3 Å². The first-order valence-electron chi connectivity index (χ1n) is 4.91. The number of nitrogens with one attached hydrogen (secondary N) is 2. The van der Waals surface area contributed by atoms with E-state index in [1.54, 1.807) is 6.20 Å². The van der Waals surface area contributed by atoms with Gasteiger partial charge in [0.15, 0.2) is 0 Å². The Balaban J connectivity index is 2.25. The molecule has 2 aromatic rings. The second kappa shape index (κ2) is 3.80. The van der Waals surface area contributed by atoms with Crippen molar-refractivity contribution in [2.45, 2.75) is 26.4 Å². The largest absolute Gasteiger partial charge is 0.346 e. The van der Waals surface area contributed by atoms with Gasteiger partial charge < -0.3 is 10.3 Å². The first-order chi connectivity index (χ1) is 6.77. The van der Waals surface area contributed by atoms with Crippen LogP contribution in [0.2, 0.25) is 0 Å². The van der Waals surface area contributed by atoms with Crippen molar-refractivity contribution in [1.82, 2.24) is 15.3 Å². The summed E-state index contributed by atoms with van der Waals surface area (Å²) >= 11 is 0. The molecule has 0 fully saturated rings. The van der Waals surface area contributed by atoms with E-state index in [1.165, 1.54) is 10.9 Å². The third-order valence-electron chi connectivity index (χ3n) is 2.24. The van der Waals surface area contributed by atoms with Crippen LogP contribution in [0.25, 0.3) is 11.0 Å². The van der Waals surface area contributed by atoms with Crippen LogP contribution >= 0.6 is 0 Å². The predicted molar refractivity (Wildman–Crippen MR) is 58.1 cm³/mol. The van der Waals surface area contributed by atoms with Gasteiger partial charge in [0.1, 0.15) is 5.65 Å². The standard InChI is InChI=1S/C11H15N3/c1-8(2)13-6-9-7-14-11-10(9)4-3-5-12-11/h3-5,7-8,13H,6H2,1-2H3,(H,12,14). The number of nitrogens with zero attached hydrogens (tertiary/aromatic N) is 1. The third kappa shape index (κ3) is 1.77. The summed E-state index contributed by atoms with van der Waals surface area (Å²) in [5.74, 6) is 0. The highest BCUT2D eigenvalue weighted by atomic mass is 14.9. The van der Waals surface area contributed by atoms with Crippen LogP contribution in [0, 0.1) is 0 Å². The number of hydrogen-bond acceptors (Lipinski definition) is 2. The molecule has 0 unspecified atom stereocenters. The number of aromatic nitrogens is 2. The number of H-pyrrole nitrogens is 1. The highest BCUT2D eigenvalue weighted by molar-refractivity contribution is 5.79. The van der Waals surface area contributed by atoms with Gasteiger partial charge in [0, 0.05) is 30.4 Å². The fourth-order valence-corrected chi connectivity index (χ4v) is 1.47. The van der Waals surface area contributed by atoms with Crippen LogP contribution in [-0.4, -0.2) is 16.0 Å². The average Bonchev–Trinajstić information content (AvgIpc) is 2.58. The van der Waals surface area contributed by atoms with Crippen LogP contribution in [-0.2, 0) is 6.54 Å². The van der Waals surface area contributed by atoms with Crippen LogP contribution < -0.4 is 5.32 Å². The molecule has 0 saturated heterocycles. The Morgan fingerprint density at radius 1 is 1.50 bits per heavy atom. The van der Waals surface area contributed by atoms with E-state index in [2.05, 4.69) is 35.2 Å². The molecule has 0 atom stereocenters. The molecule has 0 bridgehead atoms. The van der Waals surface area contributed by atoms with Crippen LogP contribution in [0.4, 0.5) is 0 Å². The lowest BCUT2D eigenvalue weighted by Crippen LogP contribution is -2.21. The van der Waals surface area contributed by atoms with Crippen molar-refractivity contribution < 1.29 is 0 Å². The maximum absolute atomic E-state index is 4.25. The Bertz CT molecular complexity index is 417. The number of fused-ring (bicyclic) bond motifs is 1. The van der Waals surface area contributed by atoms with Gasteiger partial charge in [-0.3, -0.25) is 0 Å². The van der Waals surface area contributed by atoms with Crippen molar-refractivity contribution in [2.75, 3.05) is 0 Å². The summed E-state index contributed by atoms with van der Waals surface area (Å²) in [4.78, 5) is 7.41. The molecule has 0 aromatic carbocycles.